The predicted molar refractivity (Wildman–Crippen MR) is 99.3 cm³/mol. The summed E-state index contributed by atoms with van der Waals surface area (Å²) in [4.78, 5) is 29.2. The highest BCUT2D eigenvalue weighted by atomic mass is 35.5. The summed E-state index contributed by atoms with van der Waals surface area (Å²) in [5.74, 6) is 0.984. The number of nitrogens with one attached hydrogen (secondary N) is 1. The summed E-state index contributed by atoms with van der Waals surface area (Å²) < 4.78 is 0. The molecule has 0 aromatic rings. The van der Waals surface area contributed by atoms with Crippen LogP contribution in [0.2, 0.25) is 0 Å². The van der Waals surface area contributed by atoms with Gasteiger partial charge in [-0.2, -0.15) is 0 Å². The first kappa shape index (κ1) is 21.2. The molecule has 2 aliphatic rings. The minimum Gasteiger partial charge on any atom is -0.341 e. The highest BCUT2D eigenvalue weighted by Crippen LogP contribution is 2.27. The Morgan fingerprint density at radius 1 is 1.08 bits per heavy atom. The van der Waals surface area contributed by atoms with Crippen LogP contribution >= 0.6 is 12.4 Å². The lowest BCUT2D eigenvalue weighted by Crippen LogP contribution is -2.50. The van der Waals surface area contributed by atoms with Gasteiger partial charge in [0.1, 0.15) is 6.04 Å². The Morgan fingerprint density at radius 2 is 1.71 bits per heavy atom. The maximum absolute atomic E-state index is 12.9. The second-order valence-electron chi connectivity index (χ2n) is 8.31. The molecule has 1 N–H and O–H groups in total. The van der Waals surface area contributed by atoms with Crippen molar-refractivity contribution in [3.8, 4) is 0 Å². The van der Waals surface area contributed by atoms with Gasteiger partial charge in [0.25, 0.3) is 0 Å². The van der Waals surface area contributed by atoms with Gasteiger partial charge in [-0.1, -0.05) is 20.8 Å². The number of amides is 2. The Labute approximate surface area is 152 Å². The van der Waals surface area contributed by atoms with Crippen LogP contribution in [0.15, 0.2) is 0 Å². The Morgan fingerprint density at radius 3 is 2.25 bits per heavy atom. The zero-order valence-electron chi connectivity index (χ0n) is 15.6. The van der Waals surface area contributed by atoms with E-state index in [1.165, 1.54) is 0 Å². The second-order valence-corrected chi connectivity index (χ2v) is 8.31. The lowest BCUT2D eigenvalue weighted by molar-refractivity contribution is -0.145. The fourth-order valence-electron chi connectivity index (χ4n) is 3.73. The summed E-state index contributed by atoms with van der Waals surface area (Å²) in [5, 5.41) is 3.22. The maximum atomic E-state index is 12.9. The van der Waals surface area contributed by atoms with E-state index in [1.54, 1.807) is 0 Å². The first-order chi connectivity index (χ1) is 10.8. The number of rotatable bonds is 4. The van der Waals surface area contributed by atoms with Crippen molar-refractivity contribution in [2.75, 3.05) is 33.2 Å². The molecule has 0 aromatic carbocycles. The van der Waals surface area contributed by atoms with Crippen molar-refractivity contribution in [2.45, 2.75) is 58.9 Å². The molecule has 0 saturated carbocycles. The molecular weight excluding hydrogens is 326 g/mol. The van der Waals surface area contributed by atoms with E-state index in [0.717, 1.165) is 51.9 Å². The molecule has 0 aromatic heterocycles. The van der Waals surface area contributed by atoms with Gasteiger partial charge in [0.15, 0.2) is 0 Å². The van der Waals surface area contributed by atoms with Gasteiger partial charge in [0.05, 0.1) is 0 Å². The third-order valence-corrected chi connectivity index (χ3v) is 4.96. The number of carbonyl (C=O) groups excluding carboxylic acids is 2. The fourth-order valence-corrected chi connectivity index (χ4v) is 3.73. The van der Waals surface area contributed by atoms with Crippen LogP contribution in [-0.2, 0) is 9.59 Å². The molecule has 2 heterocycles. The van der Waals surface area contributed by atoms with Crippen LogP contribution in [0.5, 0.6) is 0 Å². The third-order valence-electron chi connectivity index (χ3n) is 4.96. The average molecular weight is 360 g/mol. The Balaban J connectivity index is 0.00000288. The van der Waals surface area contributed by atoms with Gasteiger partial charge in [-0.25, -0.2) is 0 Å². The molecule has 0 radical (unpaired) electrons. The molecule has 2 saturated heterocycles. The Kier molecular flexibility index (Phi) is 8.00. The molecule has 2 amide bonds. The lowest BCUT2D eigenvalue weighted by Gasteiger charge is -2.36. The fraction of sp³-hybridized carbons (Fsp3) is 0.889. The number of hydrogen-bond donors (Lipinski definition) is 1. The number of carbonyl (C=O) groups is 2. The normalized spacial score (nSPS) is 22.4. The SMILES string of the molecule is CNCC1CCN(C(=O)C2CCCN2C(=O)CC(C)(C)C)CC1.Cl. The monoisotopic (exact) mass is 359 g/mol. The van der Waals surface area contributed by atoms with Crippen molar-refractivity contribution in [3.05, 3.63) is 0 Å². The molecule has 24 heavy (non-hydrogen) atoms. The summed E-state index contributed by atoms with van der Waals surface area (Å²) >= 11 is 0. The smallest absolute Gasteiger partial charge is 0.245 e. The summed E-state index contributed by atoms with van der Waals surface area (Å²) in [6.45, 7) is 9.66. The Hall–Kier alpha value is -0.810. The van der Waals surface area contributed by atoms with Crippen molar-refractivity contribution < 1.29 is 9.59 Å². The Bertz CT molecular complexity index is 428. The summed E-state index contributed by atoms with van der Waals surface area (Å²) in [5.41, 5.74) is -0.0290. The van der Waals surface area contributed by atoms with Crippen LogP contribution in [-0.4, -0.2) is 60.9 Å². The standard InChI is InChI=1S/C18H33N3O2.ClH/c1-18(2,3)12-16(22)21-9-5-6-15(21)17(23)20-10-7-14(8-11-20)13-19-4;/h14-15,19H,5-13H2,1-4H3;1H. The van der Waals surface area contributed by atoms with Crippen molar-refractivity contribution in [1.82, 2.24) is 15.1 Å². The molecule has 0 spiro atoms. The van der Waals surface area contributed by atoms with E-state index in [4.69, 9.17) is 0 Å². The number of hydrogen-bond acceptors (Lipinski definition) is 3. The van der Waals surface area contributed by atoms with Crippen molar-refractivity contribution in [2.24, 2.45) is 11.3 Å². The molecule has 140 valence electrons. The van der Waals surface area contributed by atoms with Crippen LogP contribution in [0.1, 0.15) is 52.9 Å². The van der Waals surface area contributed by atoms with Gasteiger partial charge in [-0.3, -0.25) is 9.59 Å². The largest absolute Gasteiger partial charge is 0.341 e. The van der Waals surface area contributed by atoms with Crippen LogP contribution in [0.25, 0.3) is 0 Å². The van der Waals surface area contributed by atoms with E-state index in [1.807, 2.05) is 16.8 Å². The number of likely N-dealkylation sites (tertiary alicyclic amines) is 2. The van der Waals surface area contributed by atoms with Gasteiger partial charge in [-0.05, 0) is 50.6 Å². The zero-order valence-corrected chi connectivity index (χ0v) is 16.5. The van der Waals surface area contributed by atoms with Gasteiger partial charge >= 0.3 is 0 Å². The number of piperidine rings is 1. The maximum Gasteiger partial charge on any atom is 0.245 e. The van der Waals surface area contributed by atoms with Crippen LogP contribution in [0.3, 0.4) is 0 Å². The zero-order chi connectivity index (χ0) is 17.0. The molecule has 2 aliphatic heterocycles. The quantitative estimate of drug-likeness (QED) is 0.837. The molecule has 5 nitrogen and oxygen atoms in total. The highest BCUT2D eigenvalue weighted by Gasteiger charge is 2.38. The van der Waals surface area contributed by atoms with E-state index in [2.05, 4.69) is 26.1 Å². The van der Waals surface area contributed by atoms with E-state index in [0.29, 0.717) is 12.3 Å². The first-order valence-electron chi connectivity index (χ1n) is 9.04. The van der Waals surface area contributed by atoms with Gasteiger partial charge < -0.3 is 15.1 Å². The van der Waals surface area contributed by atoms with Gasteiger partial charge in [0.2, 0.25) is 11.8 Å². The van der Waals surface area contributed by atoms with E-state index >= 15 is 0 Å². The second kappa shape index (κ2) is 9.04. The molecule has 2 rings (SSSR count). The minimum atomic E-state index is -0.217. The summed E-state index contributed by atoms with van der Waals surface area (Å²) in [6.07, 6.45) is 4.42. The van der Waals surface area contributed by atoms with Crippen LogP contribution < -0.4 is 5.32 Å². The van der Waals surface area contributed by atoms with Crippen LogP contribution in [0.4, 0.5) is 0 Å². The van der Waals surface area contributed by atoms with Crippen LogP contribution in [0, 0.1) is 11.3 Å². The predicted octanol–water partition coefficient (Wildman–Crippen LogP) is 2.29. The highest BCUT2D eigenvalue weighted by molar-refractivity contribution is 5.88. The molecule has 6 heteroatoms. The summed E-state index contributed by atoms with van der Waals surface area (Å²) in [6, 6.07) is -0.217. The average Bonchev–Trinajstić information content (AvgIpc) is 2.95. The van der Waals surface area contributed by atoms with Gasteiger partial charge in [0, 0.05) is 26.1 Å². The topological polar surface area (TPSA) is 52.7 Å². The molecule has 2 fully saturated rings. The van der Waals surface area contributed by atoms with E-state index in [-0.39, 0.29) is 35.7 Å². The van der Waals surface area contributed by atoms with Crippen molar-refractivity contribution >= 4 is 24.2 Å². The summed E-state index contributed by atoms with van der Waals surface area (Å²) in [7, 11) is 1.98. The first-order valence-corrected chi connectivity index (χ1v) is 9.04. The minimum absolute atomic E-state index is 0. The number of nitrogens with zero attached hydrogens (tertiary/aromatic N) is 2. The molecule has 1 atom stereocenters. The van der Waals surface area contributed by atoms with E-state index < -0.39 is 0 Å². The van der Waals surface area contributed by atoms with Gasteiger partial charge in [-0.15, -0.1) is 12.4 Å². The third kappa shape index (κ3) is 5.62. The molecule has 1 unspecified atom stereocenters. The lowest BCUT2D eigenvalue weighted by atomic mass is 9.91. The van der Waals surface area contributed by atoms with Crippen molar-refractivity contribution in [3.63, 3.8) is 0 Å². The number of halogens is 1. The van der Waals surface area contributed by atoms with Crippen molar-refractivity contribution in [1.29, 1.82) is 0 Å². The molecule has 0 bridgehead atoms. The van der Waals surface area contributed by atoms with E-state index in [9.17, 15) is 9.59 Å². The molecular formula is C18H34ClN3O2. The molecule has 0 aliphatic carbocycles.